The average molecular weight is 319 g/mol. The molecule has 0 spiro atoms. The van der Waals surface area contributed by atoms with Crippen LogP contribution in [0.25, 0.3) is 10.9 Å². The maximum Gasteiger partial charge on any atom is 0.251 e. The Morgan fingerprint density at radius 1 is 0.958 bits per heavy atom. The van der Waals surface area contributed by atoms with Crippen LogP contribution in [0.5, 0.6) is 0 Å². The van der Waals surface area contributed by atoms with Gasteiger partial charge < -0.3 is 10.6 Å². The SMILES string of the molecule is Cc1ccc2c(NC(=O)CNC(=O)c3ccccc3)cccc2n1. The number of hydrogen-bond acceptors (Lipinski definition) is 3. The lowest BCUT2D eigenvalue weighted by atomic mass is 10.1. The molecule has 5 heteroatoms. The van der Waals surface area contributed by atoms with Crippen molar-refractivity contribution in [2.24, 2.45) is 0 Å². The van der Waals surface area contributed by atoms with Crippen molar-refractivity contribution in [3.05, 3.63) is 71.9 Å². The molecule has 0 aliphatic carbocycles. The number of fused-ring (bicyclic) bond motifs is 1. The van der Waals surface area contributed by atoms with Crippen LogP contribution < -0.4 is 10.6 Å². The molecule has 0 saturated heterocycles. The molecule has 1 aromatic heterocycles. The fraction of sp³-hybridized carbons (Fsp3) is 0.105. The van der Waals surface area contributed by atoms with Gasteiger partial charge in [0.15, 0.2) is 0 Å². The van der Waals surface area contributed by atoms with E-state index in [0.717, 1.165) is 16.6 Å². The average Bonchev–Trinajstić information content (AvgIpc) is 2.60. The van der Waals surface area contributed by atoms with Gasteiger partial charge in [0.1, 0.15) is 0 Å². The van der Waals surface area contributed by atoms with Crippen LogP contribution in [0.4, 0.5) is 5.69 Å². The van der Waals surface area contributed by atoms with E-state index in [-0.39, 0.29) is 18.4 Å². The molecular weight excluding hydrogens is 302 g/mol. The van der Waals surface area contributed by atoms with Gasteiger partial charge in [-0.15, -0.1) is 0 Å². The lowest BCUT2D eigenvalue weighted by molar-refractivity contribution is -0.115. The first-order valence-electron chi connectivity index (χ1n) is 7.63. The third-order valence-corrected chi connectivity index (χ3v) is 3.59. The Labute approximate surface area is 139 Å². The zero-order chi connectivity index (χ0) is 16.9. The molecular formula is C19H17N3O2. The summed E-state index contributed by atoms with van der Waals surface area (Å²) in [7, 11) is 0. The Morgan fingerprint density at radius 3 is 2.54 bits per heavy atom. The molecule has 0 radical (unpaired) electrons. The number of pyridine rings is 1. The van der Waals surface area contributed by atoms with Crippen LogP contribution in [-0.2, 0) is 4.79 Å². The second kappa shape index (κ2) is 6.91. The molecule has 3 rings (SSSR count). The first kappa shape index (κ1) is 15.7. The van der Waals surface area contributed by atoms with Crippen LogP contribution >= 0.6 is 0 Å². The zero-order valence-corrected chi connectivity index (χ0v) is 13.2. The smallest absolute Gasteiger partial charge is 0.251 e. The van der Waals surface area contributed by atoms with Gasteiger partial charge in [0.2, 0.25) is 5.91 Å². The van der Waals surface area contributed by atoms with E-state index in [2.05, 4.69) is 15.6 Å². The minimum Gasteiger partial charge on any atom is -0.343 e. The topological polar surface area (TPSA) is 71.1 Å². The number of carbonyl (C=O) groups excluding carboxylic acids is 2. The zero-order valence-electron chi connectivity index (χ0n) is 13.2. The van der Waals surface area contributed by atoms with Gasteiger partial charge >= 0.3 is 0 Å². The standard InChI is InChI=1S/C19H17N3O2/c1-13-10-11-15-16(21-13)8-5-9-17(15)22-18(23)12-20-19(24)14-6-3-2-4-7-14/h2-11H,12H2,1H3,(H,20,24)(H,22,23). The summed E-state index contributed by atoms with van der Waals surface area (Å²) in [5, 5.41) is 6.29. The van der Waals surface area contributed by atoms with E-state index in [1.54, 1.807) is 24.3 Å². The molecule has 24 heavy (non-hydrogen) atoms. The predicted octanol–water partition coefficient (Wildman–Crippen LogP) is 2.91. The summed E-state index contributed by atoms with van der Waals surface area (Å²) in [4.78, 5) is 28.5. The van der Waals surface area contributed by atoms with E-state index in [9.17, 15) is 9.59 Å². The fourth-order valence-electron chi connectivity index (χ4n) is 2.41. The van der Waals surface area contributed by atoms with Gasteiger partial charge in [-0.3, -0.25) is 14.6 Å². The third-order valence-electron chi connectivity index (χ3n) is 3.59. The van der Waals surface area contributed by atoms with Gasteiger partial charge in [0.05, 0.1) is 17.7 Å². The van der Waals surface area contributed by atoms with Crippen molar-refractivity contribution < 1.29 is 9.59 Å². The summed E-state index contributed by atoms with van der Waals surface area (Å²) >= 11 is 0. The summed E-state index contributed by atoms with van der Waals surface area (Å²) in [6.45, 7) is 1.83. The Balaban J connectivity index is 1.66. The lowest BCUT2D eigenvalue weighted by Crippen LogP contribution is -2.32. The number of amides is 2. The van der Waals surface area contributed by atoms with Gasteiger partial charge in [-0.1, -0.05) is 24.3 Å². The Kier molecular flexibility index (Phi) is 4.52. The number of aryl methyl sites for hydroxylation is 1. The predicted molar refractivity (Wildman–Crippen MR) is 93.9 cm³/mol. The van der Waals surface area contributed by atoms with Crippen molar-refractivity contribution in [1.29, 1.82) is 0 Å². The highest BCUT2D eigenvalue weighted by atomic mass is 16.2. The van der Waals surface area contributed by atoms with Crippen molar-refractivity contribution in [3.8, 4) is 0 Å². The number of benzene rings is 2. The van der Waals surface area contributed by atoms with Crippen LogP contribution in [0.2, 0.25) is 0 Å². The second-order valence-electron chi connectivity index (χ2n) is 5.42. The molecule has 2 amide bonds. The summed E-state index contributed by atoms with van der Waals surface area (Å²) in [5.41, 5.74) is 2.94. The summed E-state index contributed by atoms with van der Waals surface area (Å²) in [6.07, 6.45) is 0. The molecule has 0 saturated carbocycles. The van der Waals surface area contributed by atoms with Crippen molar-refractivity contribution in [2.75, 3.05) is 11.9 Å². The molecule has 0 bridgehead atoms. The summed E-state index contributed by atoms with van der Waals surface area (Å²) in [6, 6.07) is 18.2. The minimum atomic E-state index is -0.285. The maximum absolute atomic E-state index is 12.1. The molecule has 3 aromatic rings. The van der Waals surface area contributed by atoms with Crippen LogP contribution in [0.1, 0.15) is 16.1 Å². The van der Waals surface area contributed by atoms with Gasteiger partial charge in [-0.25, -0.2) is 0 Å². The van der Waals surface area contributed by atoms with Crippen molar-refractivity contribution >= 4 is 28.4 Å². The Bertz CT molecular complexity index is 892. The third kappa shape index (κ3) is 3.57. The number of hydrogen-bond donors (Lipinski definition) is 2. The number of carbonyl (C=O) groups is 2. The largest absolute Gasteiger partial charge is 0.343 e. The highest BCUT2D eigenvalue weighted by molar-refractivity contribution is 6.03. The molecule has 0 aliphatic heterocycles. The maximum atomic E-state index is 12.1. The Hall–Kier alpha value is -3.21. The number of nitrogens with zero attached hydrogens (tertiary/aromatic N) is 1. The van der Waals surface area contributed by atoms with Gasteiger partial charge in [0.25, 0.3) is 5.91 Å². The number of nitrogens with one attached hydrogen (secondary N) is 2. The van der Waals surface area contributed by atoms with E-state index in [4.69, 9.17) is 0 Å². The molecule has 0 unspecified atom stereocenters. The Morgan fingerprint density at radius 2 is 1.75 bits per heavy atom. The van der Waals surface area contributed by atoms with E-state index >= 15 is 0 Å². The summed E-state index contributed by atoms with van der Waals surface area (Å²) in [5.74, 6) is -0.562. The van der Waals surface area contributed by atoms with Crippen molar-refractivity contribution in [2.45, 2.75) is 6.92 Å². The summed E-state index contributed by atoms with van der Waals surface area (Å²) < 4.78 is 0. The van der Waals surface area contributed by atoms with Crippen molar-refractivity contribution in [1.82, 2.24) is 10.3 Å². The van der Waals surface area contributed by atoms with Crippen LogP contribution in [0.3, 0.4) is 0 Å². The first-order chi connectivity index (χ1) is 11.6. The van der Waals surface area contributed by atoms with Gasteiger partial charge in [-0.05, 0) is 43.3 Å². The highest BCUT2D eigenvalue weighted by Crippen LogP contribution is 2.22. The highest BCUT2D eigenvalue weighted by Gasteiger charge is 2.09. The molecule has 0 fully saturated rings. The van der Waals surface area contributed by atoms with Crippen molar-refractivity contribution in [3.63, 3.8) is 0 Å². The molecule has 0 aliphatic rings. The molecule has 1 heterocycles. The monoisotopic (exact) mass is 319 g/mol. The number of rotatable bonds is 4. The molecule has 2 N–H and O–H groups in total. The van der Waals surface area contributed by atoms with Gasteiger partial charge in [-0.2, -0.15) is 0 Å². The van der Waals surface area contributed by atoms with E-state index in [0.29, 0.717) is 11.3 Å². The van der Waals surface area contributed by atoms with E-state index in [1.807, 2.05) is 43.3 Å². The van der Waals surface area contributed by atoms with Crippen LogP contribution in [0, 0.1) is 6.92 Å². The minimum absolute atomic E-state index is 0.0938. The number of anilines is 1. The molecule has 0 atom stereocenters. The normalized spacial score (nSPS) is 10.4. The molecule has 5 nitrogen and oxygen atoms in total. The second-order valence-corrected chi connectivity index (χ2v) is 5.42. The number of aromatic nitrogens is 1. The van der Waals surface area contributed by atoms with Crippen LogP contribution in [0.15, 0.2) is 60.7 Å². The molecule has 2 aromatic carbocycles. The van der Waals surface area contributed by atoms with E-state index < -0.39 is 0 Å². The quantitative estimate of drug-likeness (QED) is 0.777. The van der Waals surface area contributed by atoms with E-state index in [1.165, 1.54) is 0 Å². The van der Waals surface area contributed by atoms with Crippen LogP contribution in [-0.4, -0.2) is 23.3 Å². The first-order valence-corrected chi connectivity index (χ1v) is 7.63. The van der Waals surface area contributed by atoms with Gasteiger partial charge in [0, 0.05) is 16.6 Å². The lowest BCUT2D eigenvalue weighted by Gasteiger charge is -2.09. The fourth-order valence-corrected chi connectivity index (χ4v) is 2.41. The molecule has 120 valence electrons.